The summed E-state index contributed by atoms with van der Waals surface area (Å²) in [4.78, 5) is 38.6. The zero-order valence-corrected chi connectivity index (χ0v) is 14.7. The molecular formula is C17H17N3O5S. The molecule has 2 aromatic heterocycles. The lowest BCUT2D eigenvalue weighted by Crippen LogP contribution is -2.44. The monoisotopic (exact) mass is 375 g/mol. The number of H-pyrrole nitrogens is 1. The van der Waals surface area contributed by atoms with Crippen LogP contribution in [0.25, 0.3) is 11.1 Å². The topological polar surface area (TPSA) is 117 Å². The standard InChI is InChI=1S/C17H17N3O5S/c1-26-7-5-12(19-15(21)10-4-6-24-9-10)16(22)18-11-2-3-14-13(8-11)20-17(23)25-14/h2-4,6,8-9,12H,5,7H2,1H3,(H,18,22)(H,19,21)(H,20,23). The van der Waals surface area contributed by atoms with Gasteiger partial charge in [0.15, 0.2) is 5.58 Å². The molecule has 9 heteroatoms. The van der Waals surface area contributed by atoms with Crippen LogP contribution < -0.4 is 16.4 Å². The fourth-order valence-corrected chi connectivity index (χ4v) is 2.87. The van der Waals surface area contributed by atoms with E-state index in [9.17, 15) is 14.4 Å². The number of aromatic amines is 1. The third-order valence-electron chi connectivity index (χ3n) is 3.70. The summed E-state index contributed by atoms with van der Waals surface area (Å²) >= 11 is 1.58. The van der Waals surface area contributed by atoms with Gasteiger partial charge in [0.25, 0.3) is 5.91 Å². The summed E-state index contributed by atoms with van der Waals surface area (Å²) in [6.45, 7) is 0. The van der Waals surface area contributed by atoms with Gasteiger partial charge in [-0.2, -0.15) is 11.8 Å². The minimum absolute atomic E-state index is 0.346. The van der Waals surface area contributed by atoms with E-state index in [-0.39, 0.29) is 11.8 Å². The molecule has 26 heavy (non-hydrogen) atoms. The third kappa shape index (κ3) is 4.17. The normalized spacial score (nSPS) is 12.0. The number of aromatic nitrogens is 1. The largest absolute Gasteiger partial charge is 0.472 e. The fraction of sp³-hybridized carbons (Fsp3) is 0.235. The number of nitrogens with one attached hydrogen (secondary N) is 3. The summed E-state index contributed by atoms with van der Waals surface area (Å²) in [5.74, 6) is -0.581. The van der Waals surface area contributed by atoms with E-state index in [1.165, 1.54) is 18.6 Å². The van der Waals surface area contributed by atoms with Gasteiger partial charge in [0.2, 0.25) is 5.91 Å². The van der Waals surface area contributed by atoms with Gasteiger partial charge in [0, 0.05) is 5.69 Å². The van der Waals surface area contributed by atoms with Gasteiger partial charge in [-0.05, 0) is 42.7 Å². The first-order valence-electron chi connectivity index (χ1n) is 7.82. The summed E-state index contributed by atoms with van der Waals surface area (Å²) in [6, 6.07) is 5.64. The van der Waals surface area contributed by atoms with E-state index in [1.54, 1.807) is 30.0 Å². The van der Waals surface area contributed by atoms with Crippen LogP contribution in [0, 0.1) is 0 Å². The minimum Gasteiger partial charge on any atom is -0.472 e. The number of thioether (sulfide) groups is 1. The Kier molecular flexibility index (Phi) is 5.47. The quantitative estimate of drug-likeness (QED) is 0.583. The van der Waals surface area contributed by atoms with Gasteiger partial charge in [-0.15, -0.1) is 0 Å². The highest BCUT2D eigenvalue weighted by Gasteiger charge is 2.22. The molecule has 2 amide bonds. The summed E-state index contributed by atoms with van der Waals surface area (Å²) in [5, 5.41) is 5.47. The Labute approximate surface area is 152 Å². The van der Waals surface area contributed by atoms with Crippen LogP contribution in [0.3, 0.4) is 0 Å². The van der Waals surface area contributed by atoms with E-state index in [0.29, 0.717) is 34.5 Å². The average Bonchev–Trinajstić information content (AvgIpc) is 3.26. The molecule has 1 atom stereocenters. The van der Waals surface area contributed by atoms with Gasteiger partial charge < -0.3 is 19.5 Å². The van der Waals surface area contributed by atoms with E-state index in [0.717, 1.165) is 0 Å². The van der Waals surface area contributed by atoms with Crippen LogP contribution in [0.2, 0.25) is 0 Å². The summed E-state index contributed by atoms with van der Waals surface area (Å²) < 4.78 is 9.82. The van der Waals surface area contributed by atoms with Crippen molar-refractivity contribution in [3.8, 4) is 0 Å². The van der Waals surface area contributed by atoms with Crippen molar-refractivity contribution in [2.24, 2.45) is 0 Å². The van der Waals surface area contributed by atoms with Gasteiger partial charge in [0.1, 0.15) is 12.3 Å². The van der Waals surface area contributed by atoms with Crippen LogP contribution in [0.1, 0.15) is 16.8 Å². The van der Waals surface area contributed by atoms with Crippen LogP contribution in [0.5, 0.6) is 0 Å². The molecule has 2 heterocycles. The molecule has 1 aromatic carbocycles. The molecule has 3 rings (SSSR count). The lowest BCUT2D eigenvalue weighted by molar-refractivity contribution is -0.118. The van der Waals surface area contributed by atoms with Gasteiger partial charge in [-0.1, -0.05) is 0 Å². The molecule has 3 N–H and O–H groups in total. The average molecular weight is 375 g/mol. The molecule has 0 aliphatic rings. The minimum atomic E-state index is -0.705. The number of oxazole rings is 1. The molecule has 0 aliphatic heterocycles. The van der Waals surface area contributed by atoms with Gasteiger partial charge in [0.05, 0.1) is 17.3 Å². The van der Waals surface area contributed by atoms with Crippen LogP contribution in [-0.2, 0) is 4.79 Å². The van der Waals surface area contributed by atoms with E-state index in [2.05, 4.69) is 15.6 Å². The zero-order chi connectivity index (χ0) is 18.5. The van der Waals surface area contributed by atoms with Crippen molar-refractivity contribution in [3.63, 3.8) is 0 Å². The number of hydrogen-bond acceptors (Lipinski definition) is 6. The summed E-state index contributed by atoms with van der Waals surface area (Å²) in [5.41, 5.74) is 1.73. The molecule has 0 saturated heterocycles. The highest BCUT2D eigenvalue weighted by Crippen LogP contribution is 2.17. The van der Waals surface area contributed by atoms with Crippen LogP contribution in [-0.4, -0.2) is 34.8 Å². The maximum Gasteiger partial charge on any atom is 0.417 e. The predicted octanol–water partition coefficient (Wildman–Crippen LogP) is 2.20. The number of hydrogen-bond donors (Lipinski definition) is 3. The van der Waals surface area contributed by atoms with Crippen molar-refractivity contribution >= 4 is 40.4 Å². The number of carbonyl (C=O) groups is 2. The first-order valence-corrected chi connectivity index (χ1v) is 9.22. The molecule has 0 radical (unpaired) electrons. The highest BCUT2D eigenvalue weighted by atomic mass is 32.2. The molecule has 1 unspecified atom stereocenters. The Morgan fingerprint density at radius 2 is 2.15 bits per heavy atom. The first kappa shape index (κ1) is 17.9. The van der Waals surface area contributed by atoms with E-state index < -0.39 is 11.8 Å². The summed E-state index contributed by atoms with van der Waals surface area (Å²) in [6.07, 6.45) is 5.12. The van der Waals surface area contributed by atoms with Gasteiger partial charge >= 0.3 is 5.76 Å². The molecule has 136 valence electrons. The second-order valence-corrected chi connectivity index (χ2v) is 6.52. The van der Waals surface area contributed by atoms with Crippen molar-refractivity contribution in [1.82, 2.24) is 10.3 Å². The summed E-state index contributed by atoms with van der Waals surface area (Å²) in [7, 11) is 0. The van der Waals surface area contributed by atoms with E-state index in [1.807, 2.05) is 6.26 Å². The Morgan fingerprint density at radius 1 is 1.31 bits per heavy atom. The molecule has 0 saturated carbocycles. The number of anilines is 1. The van der Waals surface area contributed by atoms with Crippen molar-refractivity contribution in [3.05, 3.63) is 52.9 Å². The second kappa shape index (κ2) is 7.96. The van der Waals surface area contributed by atoms with Crippen LogP contribution in [0.4, 0.5) is 5.69 Å². The maximum absolute atomic E-state index is 12.6. The van der Waals surface area contributed by atoms with Crippen LogP contribution in [0.15, 0.2) is 50.4 Å². The third-order valence-corrected chi connectivity index (χ3v) is 4.35. The van der Waals surface area contributed by atoms with Gasteiger partial charge in [-0.25, -0.2) is 4.79 Å². The Hall–Kier alpha value is -2.94. The molecule has 0 aliphatic carbocycles. The van der Waals surface area contributed by atoms with E-state index in [4.69, 9.17) is 8.83 Å². The van der Waals surface area contributed by atoms with Crippen molar-refractivity contribution in [1.29, 1.82) is 0 Å². The fourth-order valence-electron chi connectivity index (χ4n) is 2.40. The van der Waals surface area contributed by atoms with Crippen molar-refractivity contribution < 1.29 is 18.4 Å². The molecule has 3 aromatic rings. The highest BCUT2D eigenvalue weighted by molar-refractivity contribution is 7.98. The molecule has 0 spiro atoms. The first-order chi connectivity index (χ1) is 12.6. The van der Waals surface area contributed by atoms with Crippen LogP contribution >= 0.6 is 11.8 Å². The Bertz CT molecular complexity index is 960. The number of rotatable bonds is 7. The molecular weight excluding hydrogens is 358 g/mol. The number of amides is 2. The zero-order valence-electron chi connectivity index (χ0n) is 13.9. The Balaban J connectivity index is 1.72. The lowest BCUT2D eigenvalue weighted by Gasteiger charge is -2.17. The predicted molar refractivity (Wildman–Crippen MR) is 98.4 cm³/mol. The number of carbonyl (C=O) groups excluding carboxylic acids is 2. The number of benzene rings is 1. The SMILES string of the molecule is CSCCC(NC(=O)c1ccoc1)C(=O)Nc1ccc2oc(=O)[nH]c2c1. The number of furan rings is 1. The van der Waals surface area contributed by atoms with E-state index >= 15 is 0 Å². The van der Waals surface area contributed by atoms with Crippen molar-refractivity contribution in [2.75, 3.05) is 17.3 Å². The second-order valence-electron chi connectivity index (χ2n) is 5.53. The van der Waals surface area contributed by atoms with Crippen molar-refractivity contribution in [2.45, 2.75) is 12.5 Å². The Morgan fingerprint density at radius 3 is 2.88 bits per heavy atom. The molecule has 0 bridgehead atoms. The van der Waals surface area contributed by atoms with Gasteiger partial charge in [-0.3, -0.25) is 14.6 Å². The molecule has 8 nitrogen and oxygen atoms in total. The maximum atomic E-state index is 12.6. The smallest absolute Gasteiger partial charge is 0.417 e. The lowest BCUT2D eigenvalue weighted by atomic mass is 10.1. The molecule has 0 fully saturated rings. The number of fused-ring (bicyclic) bond motifs is 1.